The van der Waals surface area contributed by atoms with Crippen molar-refractivity contribution in [2.75, 3.05) is 19.5 Å². The van der Waals surface area contributed by atoms with Crippen LogP contribution in [0.4, 0.5) is 0 Å². The summed E-state index contributed by atoms with van der Waals surface area (Å²) in [6, 6.07) is 15.5. The van der Waals surface area contributed by atoms with Crippen molar-refractivity contribution in [2.24, 2.45) is 5.10 Å². The number of aromatic nitrogens is 2. The topological polar surface area (TPSA) is 72.9 Å². The number of para-hydroxylation sites is 2. The Morgan fingerprint density at radius 2 is 2.16 bits per heavy atom. The fourth-order valence-corrected chi connectivity index (χ4v) is 5.40. The zero-order valence-corrected chi connectivity index (χ0v) is 19.1. The standard InChI is InChI=1S/C23H22N4O3S2/c1-29-12-10-26-18-7-3-2-6-16(18)24-23(26)32-15-22(28)27-19(20-8-4-11-30-20)14-17(25-27)21-9-5-13-31-21/h2-9,11,13,19H,10,12,14-15H2,1H3/t19-/m0/s1. The maximum Gasteiger partial charge on any atom is 0.253 e. The van der Waals surface area contributed by atoms with E-state index in [0.717, 1.165) is 32.5 Å². The fraction of sp³-hybridized carbons (Fsp3) is 0.261. The van der Waals surface area contributed by atoms with Gasteiger partial charge in [-0.05, 0) is 35.7 Å². The molecule has 5 rings (SSSR count). The second-order valence-corrected chi connectivity index (χ2v) is 9.20. The molecular formula is C23H22N4O3S2. The number of hydrogen-bond acceptors (Lipinski definition) is 7. The zero-order valence-electron chi connectivity index (χ0n) is 17.5. The molecule has 0 bridgehead atoms. The molecule has 0 spiro atoms. The van der Waals surface area contributed by atoms with Crippen molar-refractivity contribution >= 4 is 45.8 Å². The van der Waals surface area contributed by atoms with Crippen LogP contribution in [0.2, 0.25) is 0 Å². The monoisotopic (exact) mass is 466 g/mol. The van der Waals surface area contributed by atoms with Crippen LogP contribution in [0.3, 0.4) is 0 Å². The highest BCUT2D eigenvalue weighted by atomic mass is 32.2. The molecule has 0 radical (unpaired) electrons. The van der Waals surface area contributed by atoms with Gasteiger partial charge in [0.05, 0.1) is 40.2 Å². The van der Waals surface area contributed by atoms with Gasteiger partial charge in [0.1, 0.15) is 11.8 Å². The second-order valence-electron chi connectivity index (χ2n) is 7.31. The Morgan fingerprint density at radius 3 is 2.94 bits per heavy atom. The van der Waals surface area contributed by atoms with Crippen molar-refractivity contribution in [1.82, 2.24) is 14.6 Å². The van der Waals surface area contributed by atoms with Gasteiger partial charge in [0.2, 0.25) is 0 Å². The van der Waals surface area contributed by atoms with Crippen LogP contribution in [0.5, 0.6) is 0 Å². The molecular weight excluding hydrogens is 444 g/mol. The molecule has 0 fully saturated rings. The van der Waals surface area contributed by atoms with E-state index in [2.05, 4.69) is 9.67 Å². The van der Waals surface area contributed by atoms with Gasteiger partial charge in [-0.25, -0.2) is 9.99 Å². The number of carbonyl (C=O) groups excluding carboxylic acids is 1. The minimum Gasteiger partial charge on any atom is -0.467 e. The van der Waals surface area contributed by atoms with Gasteiger partial charge in [0.25, 0.3) is 5.91 Å². The van der Waals surface area contributed by atoms with Gasteiger partial charge < -0.3 is 13.7 Å². The average Bonchev–Trinajstić information content (AvgIpc) is 3.61. The Balaban J connectivity index is 1.38. The van der Waals surface area contributed by atoms with E-state index in [1.165, 1.54) is 11.8 Å². The number of imidazole rings is 1. The normalized spacial score (nSPS) is 16.1. The molecule has 1 amide bonds. The number of nitrogens with zero attached hydrogens (tertiary/aromatic N) is 4. The molecule has 1 aliphatic rings. The first-order valence-electron chi connectivity index (χ1n) is 10.3. The highest BCUT2D eigenvalue weighted by Gasteiger charge is 2.35. The molecule has 3 aromatic heterocycles. The number of benzene rings is 1. The maximum atomic E-state index is 13.3. The van der Waals surface area contributed by atoms with Gasteiger partial charge in [0, 0.05) is 20.1 Å². The quantitative estimate of drug-likeness (QED) is 0.349. The first-order chi connectivity index (χ1) is 15.7. The lowest BCUT2D eigenvalue weighted by molar-refractivity contribution is -0.130. The third-order valence-corrected chi connectivity index (χ3v) is 7.19. The van der Waals surface area contributed by atoms with Gasteiger partial charge in [0.15, 0.2) is 5.16 Å². The number of rotatable bonds is 8. The Hall–Kier alpha value is -2.88. The number of carbonyl (C=O) groups is 1. The Labute approximate surface area is 193 Å². The molecule has 4 heterocycles. The van der Waals surface area contributed by atoms with Crippen LogP contribution < -0.4 is 0 Å². The van der Waals surface area contributed by atoms with E-state index in [-0.39, 0.29) is 17.7 Å². The first-order valence-corrected chi connectivity index (χ1v) is 12.1. The third kappa shape index (κ3) is 4.11. The molecule has 164 valence electrons. The van der Waals surface area contributed by atoms with Crippen LogP contribution in [0.25, 0.3) is 11.0 Å². The number of amides is 1. The van der Waals surface area contributed by atoms with Crippen LogP contribution in [0.15, 0.2) is 74.8 Å². The molecule has 7 nitrogen and oxygen atoms in total. The third-order valence-electron chi connectivity index (χ3n) is 5.31. The lowest BCUT2D eigenvalue weighted by Crippen LogP contribution is -2.28. The van der Waals surface area contributed by atoms with E-state index in [9.17, 15) is 4.79 Å². The smallest absolute Gasteiger partial charge is 0.253 e. The van der Waals surface area contributed by atoms with Gasteiger partial charge in [-0.2, -0.15) is 5.10 Å². The number of ether oxygens (including phenoxy) is 1. The lowest BCUT2D eigenvalue weighted by Gasteiger charge is -2.19. The number of fused-ring (bicyclic) bond motifs is 1. The van der Waals surface area contributed by atoms with E-state index in [1.807, 2.05) is 53.9 Å². The van der Waals surface area contributed by atoms with Crippen LogP contribution in [-0.2, 0) is 16.1 Å². The molecule has 0 saturated heterocycles. The summed E-state index contributed by atoms with van der Waals surface area (Å²) in [5.41, 5.74) is 2.85. The highest BCUT2D eigenvalue weighted by molar-refractivity contribution is 7.99. The molecule has 1 aliphatic heterocycles. The molecule has 9 heteroatoms. The molecule has 0 unspecified atom stereocenters. The van der Waals surface area contributed by atoms with E-state index in [4.69, 9.17) is 14.1 Å². The predicted molar refractivity (Wildman–Crippen MR) is 126 cm³/mol. The Morgan fingerprint density at radius 1 is 1.25 bits per heavy atom. The first kappa shape index (κ1) is 21.0. The van der Waals surface area contributed by atoms with Crippen LogP contribution in [-0.4, -0.2) is 45.6 Å². The summed E-state index contributed by atoms with van der Waals surface area (Å²) < 4.78 is 13.0. The Kier molecular flexibility index (Phi) is 6.11. The fourth-order valence-electron chi connectivity index (χ4n) is 3.79. The molecule has 0 saturated carbocycles. The van der Waals surface area contributed by atoms with Gasteiger partial charge in [-0.15, -0.1) is 11.3 Å². The van der Waals surface area contributed by atoms with Crippen LogP contribution in [0, 0.1) is 0 Å². The van der Waals surface area contributed by atoms with Crippen LogP contribution in [0.1, 0.15) is 23.1 Å². The number of furan rings is 1. The Bertz CT molecular complexity index is 1230. The summed E-state index contributed by atoms with van der Waals surface area (Å²) in [5, 5.41) is 9.08. The molecule has 1 aromatic carbocycles. The SMILES string of the molecule is COCCn1c(SCC(=O)N2N=C(c3cccs3)C[C@H]2c2ccco2)nc2ccccc21. The lowest BCUT2D eigenvalue weighted by atomic mass is 10.1. The van der Waals surface area contributed by atoms with Gasteiger partial charge in [-0.1, -0.05) is 30.0 Å². The molecule has 0 aliphatic carbocycles. The van der Waals surface area contributed by atoms with Crippen LogP contribution >= 0.6 is 23.1 Å². The minimum absolute atomic E-state index is 0.0756. The summed E-state index contributed by atoms with van der Waals surface area (Å²) in [6.45, 7) is 1.25. The number of methoxy groups -OCH3 is 1. The van der Waals surface area contributed by atoms with Gasteiger partial charge in [-0.3, -0.25) is 4.79 Å². The molecule has 1 atom stereocenters. The highest BCUT2D eigenvalue weighted by Crippen LogP contribution is 2.35. The van der Waals surface area contributed by atoms with Crippen molar-refractivity contribution in [3.05, 3.63) is 70.8 Å². The van der Waals surface area contributed by atoms with E-state index >= 15 is 0 Å². The summed E-state index contributed by atoms with van der Waals surface area (Å²) in [4.78, 5) is 19.1. The van der Waals surface area contributed by atoms with Gasteiger partial charge >= 0.3 is 0 Å². The predicted octanol–water partition coefficient (Wildman–Crippen LogP) is 4.81. The van der Waals surface area contributed by atoms with Crippen molar-refractivity contribution in [2.45, 2.75) is 24.2 Å². The maximum absolute atomic E-state index is 13.3. The minimum atomic E-state index is -0.234. The molecule has 4 aromatic rings. The van der Waals surface area contributed by atoms with E-state index in [1.54, 1.807) is 29.7 Å². The van der Waals surface area contributed by atoms with Crippen molar-refractivity contribution in [1.29, 1.82) is 0 Å². The zero-order chi connectivity index (χ0) is 21.9. The summed E-state index contributed by atoms with van der Waals surface area (Å²) in [5.74, 6) is 0.897. The summed E-state index contributed by atoms with van der Waals surface area (Å²) >= 11 is 3.05. The molecule has 32 heavy (non-hydrogen) atoms. The summed E-state index contributed by atoms with van der Waals surface area (Å²) in [6.07, 6.45) is 2.27. The van der Waals surface area contributed by atoms with Crippen molar-refractivity contribution in [3.8, 4) is 0 Å². The number of thiophene rings is 1. The number of hydrogen-bond donors (Lipinski definition) is 0. The average molecular weight is 467 g/mol. The van der Waals surface area contributed by atoms with E-state index < -0.39 is 0 Å². The van der Waals surface area contributed by atoms with Crippen molar-refractivity contribution in [3.63, 3.8) is 0 Å². The largest absolute Gasteiger partial charge is 0.467 e. The van der Waals surface area contributed by atoms with Crippen molar-refractivity contribution < 1.29 is 13.9 Å². The second kappa shape index (κ2) is 9.32. The summed E-state index contributed by atoms with van der Waals surface area (Å²) in [7, 11) is 1.68. The van der Waals surface area contributed by atoms with E-state index in [0.29, 0.717) is 19.6 Å². The number of thioether (sulfide) groups is 1. The molecule has 0 N–H and O–H groups in total. The number of hydrazone groups is 1.